The van der Waals surface area contributed by atoms with Gasteiger partial charge in [-0.1, -0.05) is 26.7 Å². The molecule has 1 aliphatic carbocycles. The molecule has 1 fully saturated rings. The van der Waals surface area contributed by atoms with E-state index >= 15 is 0 Å². The Balaban J connectivity index is 2.30. The predicted molar refractivity (Wildman–Crippen MR) is 67.0 cm³/mol. The van der Waals surface area contributed by atoms with Crippen LogP contribution in [0.15, 0.2) is 0 Å². The minimum Gasteiger partial charge on any atom is -0.247 e. The van der Waals surface area contributed by atoms with Crippen LogP contribution in [0.2, 0.25) is 0 Å². The van der Waals surface area contributed by atoms with E-state index in [-0.39, 0.29) is 5.92 Å². The van der Waals surface area contributed by atoms with Gasteiger partial charge in [0.2, 0.25) is 0 Å². The van der Waals surface area contributed by atoms with E-state index in [1.54, 1.807) is 11.3 Å². The summed E-state index contributed by atoms with van der Waals surface area (Å²) in [4.78, 5) is 5.79. The lowest BCUT2D eigenvalue weighted by atomic mass is 9.85. The van der Waals surface area contributed by atoms with Crippen molar-refractivity contribution in [2.75, 3.05) is 0 Å². The van der Waals surface area contributed by atoms with E-state index in [0.717, 1.165) is 30.0 Å². The summed E-state index contributed by atoms with van der Waals surface area (Å²) in [6.45, 7) is 6.32. The van der Waals surface area contributed by atoms with Crippen LogP contribution in [0.3, 0.4) is 0 Å². The van der Waals surface area contributed by atoms with Crippen molar-refractivity contribution in [2.45, 2.75) is 64.5 Å². The Morgan fingerprint density at radius 1 is 1.31 bits per heavy atom. The van der Waals surface area contributed by atoms with Crippen LogP contribution in [-0.4, -0.2) is 11.2 Å². The van der Waals surface area contributed by atoms with Gasteiger partial charge in [-0.15, -0.1) is 11.3 Å². The van der Waals surface area contributed by atoms with E-state index in [9.17, 15) is 4.39 Å². The predicted octanol–water partition coefficient (Wildman–Crippen LogP) is 4.57. The number of halogens is 1. The summed E-state index contributed by atoms with van der Waals surface area (Å²) in [5.74, 6) is 0.534. The summed E-state index contributed by atoms with van der Waals surface area (Å²) in [5.41, 5.74) is 1.14. The Morgan fingerprint density at radius 3 is 2.62 bits per heavy atom. The second-order valence-electron chi connectivity index (χ2n) is 5.04. The van der Waals surface area contributed by atoms with Crippen LogP contribution in [-0.2, 0) is 0 Å². The molecule has 0 aromatic carbocycles. The number of nitrogens with zero attached hydrogens (tertiary/aromatic N) is 1. The van der Waals surface area contributed by atoms with Gasteiger partial charge in [0.05, 0.1) is 10.7 Å². The van der Waals surface area contributed by atoms with E-state index < -0.39 is 6.17 Å². The molecule has 0 N–H and O–H groups in total. The van der Waals surface area contributed by atoms with Gasteiger partial charge in [-0.3, -0.25) is 0 Å². The molecule has 0 spiro atoms. The highest BCUT2D eigenvalue weighted by atomic mass is 32.1. The van der Waals surface area contributed by atoms with E-state index in [1.165, 1.54) is 11.3 Å². The number of aromatic nitrogens is 1. The molecule has 0 amide bonds. The summed E-state index contributed by atoms with van der Waals surface area (Å²) < 4.78 is 14.0. The standard InChI is InChI=1S/C13H20FNS/c1-8(2)12-13(16-9(3)15-12)10-6-4-5-7-11(10)14/h8,10-11H,4-7H2,1-3H3. The molecule has 3 heteroatoms. The Morgan fingerprint density at radius 2 is 2.00 bits per heavy atom. The van der Waals surface area contributed by atoms with Gasteiger partial charge in [0.15, 0.2) is 0 Å². The highest BCUT2D eigenvalue weighted by Gasteiger charge is 2.30. The van der Waals surface area contributed by atoms with E-state index in [2.05, 4.69) is 18.8 Å². The Kier molecular flexibility index (Phi) is 3.63. The SMILES string of the molecule is Cc1nc(C(C)C)c(C2CCCCC2F)s1. The molecule has 0 radical (unpaired) electrons. The van der Waals surface area contributed by atoms with Crippen molar-refractivity contribution in [3.8, 4) is 0 Å². The van der Waals surface area contributed by atoms with Gasteiger partial charge >= 0.3 is 0 Å². The number of rotatable bonds is 2. The highest BCUT2D eigenvalue weighted by molar-refractivity contribution is 7.11. The fourth-order valence-electron chi connectivity index (χ4n) is 2.52. The lowest BCUT2D eigenvalue weighted by Crippen LogP contribution is -2.19. The van der Waals surface area contributed by atoms with Crippen LogP contribution in [0.5, 0.6) is 0 Å². The smallest absolute Gasteiger partial charge is 0.108 e. The van der Waals surface area contributed by atoms with Crippen LogP contribution >= 0.6 is 11.3 Å². The molecular formula is C13H20FNS. The van der Waals surface area contributed by atoms with Crippen LogP contribution in [0, 0.1) is 6.92 Å². The Hall–Kier alpha value is -0.440. The quantitative estimate of drug-likeness (QED) is 0.739. The second-order valence-corrected chi connectivity index (χ2v) is 6.28. The first-order valence-corrected chi connectivity index (χ1v) is 7.02. The first kappa shape index (κ1) is 12.0. The molecule has 1 aromatic rings. The van der Waals surface area contributed by atoms with E-state index in [0.29, 0.717) is 5.92 Å². The highest BCUT2D eigenvalue weighted by Crippen LogP contribution is 2.41. The van der Waals surface area contributed by atoms with Crippen LogP contribution in [0.4, 0.5) is 4.39 Å². The molecule has 90 valence electrons. The summed E-state index contributed by atoms with van der Waals surface area (Å²) >= 11 is 1.70. The molecule has 1 saturated carbocycles. The molecule has 16 heavy (non-hydrogen) atoms. The van der Waals surface area contributed by atoms with Gasteiger partial charge in [0.1, 0.15) is 6.17 Å². The minimum atomic E-state index is -0.647. The Bertz CT molecular complexity index is 359. The third kappa shape index (κ3) is 2.29. The first-order valence-electron chi connectivity index (χ1n) is 6.21. The molecule has 1 heterocycles. The molecule has 1 aliphatic rings. The lowest BCUT2D eigenvalue weighted by molar-refractivity contribution is 0.217. The Labute approximate surface area is 101 Å². The fourth-order valence-corrected chi connectivity index (χ4v) is 3.78. The van der Waals surface area contributed by atoms with Crippen molar-refractivity contribution in [1.82, 2.24) is 4.98 Å². The van der Waals surface area contributed by atoms with E-state index in [1.807, 2.05) is 6.92 Å². The average molecular weight is 241 g/mol. The number of alkyl halides is 1. The zero-order chi connectivity index (χ0) is 11.7. The van der Waals surface area contributed by atoms with Crippen LogP contribution < -0.4 is 0 Å². The van der Waals surface area contributed by atoms with Gasteiger partial charge in [0, 0.05) is 10.8 Å². The third-order valence-corrected chi connectivity index (χ3v) is 4.47. The van der Waals surface area contributed by atoms with Crippen molar-refractivity contribution >= 4 is 11.3 Å². The van der Waals surface area contributed by atoms with Gasteiger partial charge in [-0.05, 0) is 25.7 Å². The van der Waals surface area contributed by atoms with Gasteiger partial charge in [0.25, 0.3) is 0 Å². The number of hydrogen-bond acceptors (Lipinski definition) is 2. The third-order valence-electron chi connectivity index (χ3n) is 3.35. The molecule has 2 rings (SSSR count). The summed E-state index contributed by atoms with van der Waals surface area (Å²) in [5, 5.41) is 1.08. The molecule has 2 atom stereocenters. The maximum absolute atomic E-state index is 14.0. The zero-order valence-electron chi connectivity index (χ0n) is 10.3. The largest absolute Gasteiger partial charge is 0.247 e. The van der Waals surface area contributed by atoms with Crippen molar-refractivity contribution in [3.05, 3.63) is 15.6 Å². The summed E-state index contributed by atoms with van der Waals surface area (Å²) in [6.07, 6.45) is 3.30. The number of aryl methyl sites for hydroxylation is 1. The molecule has 1 aromatic heterocycles. The molecule has 0 bridgehead atoms. The van der Waals surface area contributed by atoms with Crippen molar-refractivity contribution < 1.29 is 4.39 Å². The topological polar surface area (TPSA) is 12.9 Å². The maximum Gasteiger partial charge on any atom is 0.108 e. The average Bonchev–Trinajstić information content (AvgIpc) is 2.61. The number of hydrogen-bond donors (Lipinski definition) is 0. The normalized spacial score (nSPS) is 26.3. The van der Waals surface area contributed by atoms with Crippen molar-refractivity contribution in [3.63, 3.8) is 0 Å². The molecular weight excluding hydrogens is 221 g/mol. The first-order chi connectivity index (χ1) is 7.59. The van der Waals surface area contributed by atoms with Gasteiger partial charge in [-0.2, -0.15) is 0 Å². The van der Waals surface area contributed by atoms with Gasteiger partial charge in [-0.25, -0.2) is 9.37 Å². The lowest BCUT2D eigenvalue weighted by Gasteiger charge is -2.26. The molecule has 0 aliphatic heterocycles. The second kappa shape index (κ2) is 4.82. The van der Waals surface area contributed by atoms with Crippen LogP contribution in [0.1, 0.15) is 66.9 Å². The van der Waals surface area contributed by atoms with Gasteiger partial charge < -0.3 is 0 Å². The molecule has 0 saturated heterocycles. The number of thiazole rings is 1. The minimum absolute atomic E-state index is 0.123. The summed E-state index contributed by atoms with van der Waals surface area (Å²) in [6, 6.07) is 0. The molecule has 2 unspecified atom stereocenters. The van der Waals surface area contributed by atoms with Crippen LogP contribution in [0.25, 0.3) is 0 Å². The molecule has 1 nitrogen and oxygen atoms in total. The van der Waals surface area contributed by atoms with Crippen molar-refractivity contribution in [1.29, 1.82) is 0 Å². The van der Waals surface area contributed by atoms with Crippen molar-refractivity contribution in [2.24, 2.45) is 0 Å². The summed E-state index contributed by atoms with van der Waals surface area (Å²) in [7, 11) is 0. The zero-order valence-corrected chi connectivity index (χ0v) is 11.1. The monoisotopic (exact) mass is 241 g/mol. The van der Waals surface area contributed by atoms with E-state index in [4.69, 9.17) is 0 Å². The fraction of sp³-hybridized carbons (Fsp3) is 0.769. The maximum atomic E-state index is 14.0.